The number of hydrogen-bond donors (Lipinski definition) is 0. The molecule has 0 bridgehead atoms. The minimum atomic E-state index is 0.539. The Bertz CT molecular complexity index is 143. The molecule has 0 radical (unpaired) electrons. The highest BCUT2D eigenvalue weighted by atomic mass is 32.2. The summed E-state index contributed by atoms with van der Waals surface area (Å²) in [4.78, 5) is 0. The average Bonchev–Trinajstić information content (AvgIpc) is 2.59. The maximum Gasteiger partial charge on any atom is 0.0946 e. The van der Waals surface area contributed by atoms with E-state index in [1.807, 2.05) is 0 Å². The van der Waals surface area contributed by atoms with E-state index in [0.29, 0.717) is 6.04 Å². The first-order chi connectivity index (χ1) is 4.97. The van der Waals surface area contributed by atoms with Crippen molar-refractivity contribution in [1.29, 1.82) is 0 Å². The SMILES string of the molecule is C1CSC(C2CSN=N2)C1. The van der Waals surface area contributed by atoms with Gasteiger partial charge in [0.1, 0.15) is 0 Å². The average molecular weight is 174 g/mol. The molecule has 0 spiro atoms. The molecule has 2 aliphatic heterocycles. The fraction of sp³-hybridized carbons (Fsp3) is 1.00. The molecule has 2 heterocycles. The Labute approximate surface area is 69.4 Å². The van der Waals surface area contributed by atoms with Gasteiger partial charge in [-0.3, -0.25) is 0 Å². The van der Waals surface area contributed by atoms with E-state index in [1.54, 1.807) is 11.9 Å². The van der Waals surface area contributed by atoms with Gasteiger partial charge in [0.25, 0.3) is 0 Å². The highest BCUT2D eigenvalue weighted by Crippen LogP contribution is 2.34. The molecular formula is C6H10N2S2. The van der Waals surface area contributed by atoms with Crippen LogP contribution in [0.25, 0.3) is 0 Å². The summed E-state index contributed by atoms with van der Waals surface area (Å²) in [6.45, 7) is 0. The molecule has 1 saturated heterocycles. The van der Waals surface area contributed by atoms with Crippen molar-refractivity contribution in [2.45, 2.75) is 24.1 Å². The van der Waals surface area contributed by atoms with Crippen LogP contribution in [-0.4, -0.2) is 22.8 Å². The summed E-state index contributed by atoms with van der Waals surface area (Å²) in [6.07, 6.45) is 2.74. The van der Waals surface area contributed by atoms with E-state index < -0.39 is 0 Å². The van der Waals surface area contributed by atoms with E-state index in [-0.39, 0.29) is 0 Å². The van der Waals surface area contributed by atoms with E-state index in [2.05, 4.69) is 21.4 Å². The van der Waals surface area contributed by atoms with Gasteiger partial charge in [-0.15, -0.1) is 4.52 Å². The molecule has 2 nitrogen and oxygen atoms in total. The number of thioether (sulfide) groups is 1. The van der Waals surface area contributed by atoms with Crippen molar-refractivity contribution in [2.24, 2.45) is 9.63 Å². The first-order valence-corrected chi connectivity index (χ1v) is 5.59. The second-order valence-corrected chi connectivity index (χ2v) is 4.71. The van der Waals surface area contributed by atoms with Crippen LogP contribution < -0.4 is 0 Å². The zero-order valence-corrected chi connectivity index (χ0v) is 7.33. The van der Waals surface area contributed by atoms with Crippen molar-refractivity contribution in [3.8, 4) is 0 Å². The van der Waals surface area contributed by atoms with Crippen molar-refractivity contribution in [2.75, 3.05) is 11.5 Å². The van der Waals surface area contributed by atoms with Gasteiger partial charge >= 0.3 is 0 Å². The third-order valence-electron chi connectivity index (χ3n) is 1.89. The molecule has 56 valence electrons. The predicted molar refractivity (Wildman–Crippen MR) is 46.6 cm³/mol. The van der Waals surface area contributed by atoms with Crippen molar-refractivity contribution >= 4 is 23.7 Å². The molecule has 0 amide bonds. The Balaban J connectivity index is 1.91. The van der Waals surface area contributed by atoms with E-state index in [0.717, 1.165) is 11.0 Å². The minimum Gasteiger partial charge on any atom is -0.176 e. The van der Waals surface area contributed by atoms with Gasteiger partial charge < -0.3 is 0 Å². The maximum absolute atomic E-state index is 4.18. The lowest BCUT2D eigenvalue weighted by molar-refractivity contribution is 0.661. The first kappa shape index (κ1) is 6.98. The molecule has 2 rings (SSSR count). The Hall–Kier alpha value is 0.300. The highest BCUT2D eigenvalue weighted by molar-refractivity contribution is 8.00. The minimum absolute atomic E-state index is 0.539. The van der Waals surface area contributed by atoms with Gasteiger partial charge in [-0.1, -0.05) is 0 Å². The van der Waals surface area contributed by atoms with Crippen LogP contribution in [0.1, 0.15) is 12.8 Å². The predicted octanol–water partition coefficient (Wildman–Crippen LogP) is 2.36. The van der Waals surface area contributed by atoms with Crippen LogP contribution in [0.15, 0.2) is 9.63 Å². The van der Waals surface area contributed by atoms with Crippen LogP contribution in [0.2, 0.25) is 0 Å². The van der Waals surface area contributed by atoms with Crippen LogP contribution in [0.4, 0.5) is 0 Å². The molecule has 0 saturated carbocycles. The lowest BCUT2D eigenvalue weighted by Gasteiger charge is -2.10. The molecule has 0 aromatic carbocycles. The molecule has 2 unspecified atom stereocenters. The third-order valence-corrected chi connectivity index (χ3v) is 4.10. The van der Waals surface area contributed by atoms with Gasteiger partial charge in [0.15, 0.2) is 0 Å². The second-order valence-electron chi connectivity index (χ2n) is 2.61. The Morgan fingerprint density at radius 2 is 2.40 bits per heavy atom. The second kappa shape index (κ2) is 3.13. The van der Waals surface area contributed by atoms with Crippen LogP contribution in [-0.2, 0) is 0 Å². The highest BCUT2D eigenvalue weighted by Gasteiger charge is 2.27. The van der Waals surface area contributed by atoms with Crippen LogP contribution in [0.3, 0.4) is 0 Å². The lowest BCUT2D eigenvalue weighted by Crippen LogP contribution is -2.18. The largest absolute Gasteiger partial charge is 0.176 e. The fourth-order valence-corrected chi connectivity index (χ4v) is 3.49. The molecule has 0 aliphatic carbocycles. The van der Waals surface area contributed by atoms with Crippen molar-refractivity contribution in [1.82, 2.24) is 0 Å². The van der Waals surface area contributed by atoms with Crippen molar-refractivity contribution in [3.05, 3.63) is 0 Å². The number of rotatable bonds is 1. The van der Waals surface area contributed by atoms with Crippen molar-refractivity contribution in [3.63, 3.8) is 0 Å². The Morgan fingerprint density at radius 1 is 1.40 bits per heavy atom. The van der Waals surface area contributed by atoms with Crippen LogP contribution in [0.5, 0.6) is 0 Å². The summed E-state index contributed by atoms with van der Waals surface area (Å²) < 4.78 is 3.94. The first-order valence-electron chi connectivity index (χ1n) is 3.60. The Morgan fingerprint density at radius 3 is 3.00 bits per heavy atom. The molecule has 10 heavy (non-hydrogen) atoms. The summed E-state index contributed by atoms with van der Waals surface area (Å²) in [6, 6.07) is 0.539. The van der Waals surface area contributed by atoms with Gasteiger partial charge in [0.05, 0.1) is 6.04 Å². The normalized spacial score (nSPS) is 39.2. The topological polar surface area (TPSA) is 24.7 Å². The zero-order chi connectivity index (χ0) is 6.81. The summed E-state index contributed by atoms with van der Waals surface area (Å²) >= 11 is 3.69. The lowest BCUT2D eigenvalue weighted by atomic mass is 10.1. The summed E-state index contributed by atoms with van der Waals surface area (Å²) in [5.74, 6) is 2.46. The monoisotopic (exact) mass is 174 g/mol. The zero-order valence-electron chi connectivity index (χ0n) is 5.69. The summed E-state index contributed by atoms with van der Waals surface area (Å²) in [5.41, 5.74) is 0. The van der Waals surface area contributed by atoms with E-state index >= 15 is 0 Å². The van der Waals surface area contributed by atoms with E-state index in [9.17, 15) is 0 Å². The molecule has 0 aromatic rings. The fourth-order valence-electron chi connectivity index (χ4n) is 1.32. The number of hydrogen-bond acceptors (Lipinski definition) is 4. The van der Waals surface area contributed by atoms with Crippen molar-refractivity contribution < 1.29 is 0 Å². The summed E-state index contributed by atoms with van der Waals surface area (Å²) in [5, 5.41) is 4.98. The molecular weight excluding hydrogens is 164 g/mol. The summed E-state index contributed by atoms with van der Waals surface area (Å²) in [7, 11) is 0. The van der Waals surface area contributed by atoms with Gasteiger partial charge in [-0.2, -0.15) is 16.9 Å². The van der Waals surface area contributed by atoms with Gasteiger partial charge in [0, 0.05) is 11.0 Å². The smallest absolute Gasteiger partial charge is 0.0946 e. The van der Waals surface area contributed by atoms with Gasteiger partial charge in [-0.25, -0.2) is 0 Å². The quantitative estimate of drug-likeness (QED) is 0.570. The standard InChI is InChI=1S/C6H10N2S2/c1-2-6(9-3-1)5-4-10-8-7-5/h5-6H,1-4H2. The Kier molecular flexibility index (Phi) is 2.19. The molecule has 1 fully saturated rings. The third kappa shape index (κ3) is 1.32. The van der Waals surface area contributed by atoms with Crippen LogP contribution >= 0.6 is 23.7 Å². The van der Waals surface area contributed by atoms with Gasteiger partial charge in [0.2, 0.25) is 0 Å². The van der Waals surface area contributed by atoms with Gasteiger partial charge in [-0.05, 0) is 30.5 Å². The van der Waals surface area contributed by atoms with E-state index in [1.165, 1.54) is 18.6 Å². The maximum atomic E-state index is 4.18. The molecule has 2 atom stereocenters. The van der Waals surface area contributed by atoms with Crippen LogP contribution in [0, 0.1) is 0 Å². The number of nitrogens with zero attached hydrogens (tertiary/aromatic N) is 2. The van der Waals surface area contributed by atoms with E-state index in [4.69, 9.17) is 0 Å². The molecule has 4 heteroatoms. The molecule has 0 aromatic heterocycles. The molecule has 0 N–H and O–H groups in total. The molecule has 2 aliphatic rings.